The highest BCUT2D eigenvalue weighted by Crippen LogP contribution is 2.36. The Balaban J connectivity index is 1.63. The minimum Gasteiger partial charge on any atom is -0.465 e. The first-order chi connectivity index (χ1) is 14.7. The lowest BCUT2D eigenvalue weighted by Gasteiger charge is -2.39. The molecule has 6 nitrogen and oxygen atoms in total. The van der Waals surface area contributed by atoms with Gasteiger partial charge in [0.25, 0.3) is 0 Å². The fourth-order valence-electron chi connectivity index (χ4n) is 3.88. The van der Waals surface area contributed by atoms with Gasteiger partial charge in [0.15, 0.2) is 0 Å². The van der Waals surface area contributed by atoms with Gasteiger partial charge in [0.1, 0.15) is 4.88 Å². The number of anilines is 1. The molecule has 0 unspecified atom stereocenters. The van der Waals surface area contributed by atoms with Crippen LogP contribution in [0.1, 0.15) is 67.4 Å². The molecule has 0 bridgehead atoms. The van der Waals surface area contributed by atoms with Gasteiger partial charge in [-0.1, -0.05) is 11.8 Å². The van der Waals surface area contributed by atoms with E-state index in [4.69, 9.17) is 18.9 Å². The number of carbonyl (C=O) groups is 1. The van der Waals surface area contributed by atoms with E-state index < -0.39 is 0 Å². The Morgan fingerprint density at radius 3 is 2.61 bits per heavy atom. The third kappa shape index (κ3) is 6.69. The molecule has 31 heavy (non-hydrogen) atoms. The Labute approximate surface area is 190 Å². The Kier molecular flexibility index (Phi) is 8.03. The van der Waals surface area contributed by atoms with Gasteiger partial charge in [-0.2, -0.15) is 0 Å². The van der Waals surface area contributed by atoms with Crippen LogP contribution in [0.25, 0.3) is 0 Å². The molecule has 7 heteroatoms. The summed E-state index contributed by atoms with van der Waals surface area (Å²) in [6.45, 7) is 8.27. The summed E-state index contributed by atoms with van der Waals surface area (Å²) in [7, 11) is 3.19. The molecule has 0 aromatic carbocycles. The zero-order chi connectivity index (χ0) is 22.5. The molecule has 1 aliphatic carbocycles. The van der Waals surface area contributed by atoms with Crippen LogP contribution in [0, 0.1) is 17.3 Å². The zero-order valence-corrected chi connectivity index (χ0v) is 20.2. The Hall–Kier alpha value is -1.59. The third-order valence-corrected chi connectivity index (χ3v) is 6.85. The number of carbonyl (C=O) groups excluding carboxylic acids is 1. The van der Waals surface area contributed by atoms with Crippen LogP contribution in [0.3, 0.4) is 0 Å². The van der Waals surface area contributed by atoms with Crippen molar-refractivity contribution in [2.45, 2.75) is 70.6 Å². The van der Waals surface area contributed by atoms with Gasteiger partial charge in [-0.05, 0) is 58.9 Å². The Morgan fingerprint density at radius 2 is 2.03 bits per heavy atom. The number of hydrogen-bond acceptors (Lipinski definition) is 7. The van der Waals surface area contributed by atoms with Crippen LogP contribution in [0.15, 0.2) is 6.07 Å². The predicted molar refractivity (Wildman–Crippen MR) is 123 cm³/mol. The predicted octanol–water partition coefficient (Wildman–Crippen LogP) is 4.48. The van der Waals surface area contributed by atoms with Gasteiger partial charge in [-0.15, -0.1) is 11.3 Å². The molecule has 3 rings (SSSR count). The first-order valence-electron chi connectivity index (χ1n) is 11.0. The molecule has 1 aromatic heterocycles. The summed E-state index contributed by atoms with van der Waals surface area (Å²) < 4.78 is 22.4. The van der Waals surface area contributed by atoms with Gasteiger partial charge in [-0.3, -0.25) is 0 Å². The van der Waals surface area contributed by atoms with Crippen molar-refractivity contribution in [2.75, 3.05) is 39.4 Å². The van der Waals surface area contributed by atoms with Gasteiger partial charge in [0.05, 0.1) is 42.6 Å². The van der Waals surface area contributed by atoms with Crippen LogP contribution in [-0.4, -0.2) is 57.8 Å². The molecular weight excluding hydrogens is 414 g/mol. The molecule has 172 valence electrons. The number of rotatable bonds is 7. The van der Waals surface area contributed by atoms with Gasteiger partial charge < -0.3 is 24.3 Å². The van der Waals surface area contributed by atoms with Gasteiger partial charge >= 0.3 is 5.97 Å². The Bertz CT molecular complexity index is 802. The van der Waals surface area contributed by atoms with Crippen molar-refractivity contribution in [3.05, 3.63) is 15.8 Å². The summed E-state index contributed by atoms with van der Waals surface area (Å²) in [5.74, 6) is 6.11. The molecule has 1 atom stereocenters. The van der Waals surface area contributed by atoms with Crippen LogP contribution >= 0.6 is 11.3 Å². The molecule has 1 saturated carbocycles. The van der Waals surface area contributed by atoms with Crippen molar-refractivity contribution in [1.29, 1.82) is 0 Å². The van der Waals surface area contributed by atoms with E-state index >= 15 is 0 Å². The maximum Gasteiger partial charge on any atom is 0.350 e. The zero-order valence-electron chi connectivity index (χ0n) is 19.3. The third-order valence-electron chi connectivity index (χ3n) is 5.82. The van der Waals surface area contributed by atoms with Crippen molar-refractivity contribution >= 4 is 23.0 Å². The maximum absolute atomic E-state index is 12.3. The van der Waals surface area contributed by atoms with Gasteiger partial charge in [0, 0.05) is 25.2 Å². The second-order valence-corrected chi connectivity index (χ2v) is 10.5. The second-order valence-electron chi connectivity index (χ2n) is 9.45. The molecule has 1 N–H and O–H groups in total. The molecule has 0 radical (unpaired) electrons. The van der Waals surface area contributed by atoms with E-state index in [2.05, 4.69) is 37.9 Å². The van der Waals surface area contributed by atoms with Crippen LogP contribution < -0.4 is 5.32 Å². The van der Waals surface area contributed by atoms with Crippen LogP contribution in [0.4, 0.5) is 5.69 Å². The molecule has 1 aromatic rings. The number of ether oxygens (including phenoxy) is 4. The molecule has 2 heterocycles. The summed E-state index contributed by atoms with van der Waals surface area (Å²) in [6, 6.07) is 2.23. The monoisotopic (exact) mass is 449 g/mol. The van der Waals surface area contributed by atoms with Crippen molar-refractivity contribution < 1.29 is 23.7 Å². The highest BCUT2D eigenvalue weighted by atomic mass is 32.1. The SMILES string of the molecule is COC(=O)c1sc(C#CC(C)(C)C)cc1NC1CCC(CO[C@H]2CCOC2)(OC)CC1. The summed E-state index contributed by atoms with van der Waals surface area (Å²) in [6.07, 6.45) is 4.84. The molecule has 1 aliphatic heterocycles. The van der Waals surface area contributed by atoms with E-state index in [1.54, 1.807) is 7.11 Å². The van der Waals surface area contributed by atoms with Gasteiger partial charge in [0.2, 0.25) is 0 Å². The average Bonchev–Trinajstić information content (AvgIpc) is 3.41. The molecule has 2 aliphatic rings. The number of methoxy groups -OCH3 is 2. The summed E-state index contributed by atoms with van der Waals surface area (Å²) in [4.78, 5) is 13.7. The van der Waals surface area contributed by atoms with Crippen molar-refractivity contribution in [3.8, 4) is 11.8 Å². The quantitative estimate of drug-likeness (QED) is 0.489. The van der Waals surface area contributed by atoms with E-state index in [0.29, 0.717) is 18.1 Å². The Morgan fingerprint density at radius 1 is 1.29 bits per heavy atom. The second kappa shape index (κ2) is 10.4. The normalized spacial score (nSPS) is 26.2. The molecular formula is C24H35NO5S. The van der Waals surface area contributed by atoms with E-state index in [1.165, 1.54) is 18.4 Å². The highest BCUT2D eigenvalue weighted by Gasteiger charge is 2.37. The van der Waals surface area contributed by atoms with Crippen molar-refractivity contribution in [1.82, 2.24) is 0 Å². The molecule has 0 spiro atoms. The van der Waals surface area contributed by atoms with E-state index in [9.17, 15) is 4.79 Å². The maximum atomic E-state index is 12.3. The standard InChI is InChI=1S/C24H35NO5S/c1-23(2,3)10-8-19-14-20(21(31-19)22(26)27-4)25-17-6-11-24(28-5,12-7-17)16-30-18-9-13-29-15-18/h14,17-18,25H,6-7,9,11-13,15-16H2,1-5H3/t17?,18-,24?/m0/s1. The molecule has 1 saturated heterocycles. The minimum absolute atomic E-state index is 0.0947. The summed E-state index contributed by atoms with van der Waals surface area (Å²) >= 11 is 1.38. The first-order valence-corrected chi connectivity index (χ1v) is 11.8. The summed E-state index contributed by atoms with van der Waals surface area (Å²) in [5, 5.41) is 3.57. The average molecular weight is 450 g/mol. The number of esters is 1. The first kappa shape index (κ1) is 24.1. The fraction of sp³-hybridized carbons (Fsp3) is 0.708. The number of hydrogen-bond donors (Lipinski definition) is 1. The largest absolute Gasteiger partial charge is 0.465 e. The smallest absolute Gasteiger partial charge is 0.350 e. The summed E-state index contributed by atoms with van der Waals surface area (Å²) in [5.41, 5.74) is 0.469. The van der Waals surface area contributed by atoms with Crippen molar-refractivity contribution in [3.63, 3.8) is 0 Å². The molecule has 2 fully saturated rings. The van der Waals surface area contributed by atoms with Gasteiger partial charge in [-0.25, -0.2) is 4.79 Å². The van der Waals surface area contributed by atoms with Crippen molar-refractivity contribution in [2.24, 2.45) is 5.41 Å². The van der Waals surface area contributed by atoms with Crippen LogP contribution in [0.5, 0.6) is 0 Å². The topological polar surface area (TPSA) is 66.0 Å². The van der Waals surface area contributed by atoms with E-state index in [-0.39, 0.29) is 29.1 Å². The van der Waals surface area contributed by atoms with E-state index in [0.717, 1.165) is 49.3 Å². The lowest BCUT2D eigenvalue weighted by Crippen LogP contribution is -2.44. The van der Waals surface area contributed by atoms with Crippen LogP contribution in [0.2, 0.25) is 0 Å². The minimum atomic E-state index is -0.328. The highest BCUT2D eigenvalue weighted by molar-refractivity contribution is 7.15. The fourth-order valence-corrected chi connectivity index (χ4v) is 4.78. The number of thiophene rings is 1. The number of nitrogens with one attached hydrogen (secondary N) is 1. The van der Waals surface area contributed by atoms with E-state index in [1.807, 2.05) is 6.07 Å². The van der Waals surface area contributed by atoms with Crippen LogP contribution in [-0.2, 0) is 18.9 Å². The lowest BCUT2D eigenvalue weighted by molar-refractivity contribution is -0.114. The lowest BCUT2D eigenvalue weighted by atomic mass is 9.82. The molecule has 0 amide bonds.